The van der Waals surface area contributed by atoms with Gasteiger partial charge in [-0.15, -0.1) is 0 Å². The topological polar surface area (TPSA) is 44.6 Å². The number of hydrogen-bond acceptors (Lipinski definition) is 3. The van der Waals surface area contributed by atoms with Crippen molar-refractivity contribution in [3.63, 3.8) is 0 Å². The second-order valence-electron chi connectivity index (χ2n) is 3.57. The molecule has 16 heavy (non-hydrogen) atoms. The van der Waals surface area contributed by atoms with Gasteiger partial charge in [0.15, 0.2) is 0 Å². The highest BCUT2D eigenvalue weighted by Crippen LogP contribution is 2.41. The van der Waals surface area contributed by atoms with Crippen LogP contribution in [-0.4, -0.2) is 20.3 Å². The molecule has 0 saturated heterocycles. The SMILES string of the molecule is OC1(C(Cl)(Cl)Cl)CC(c2ccccc2)=NN1. The van der Waals surface area contributed by atoms with Gasteiger partial charge in [0.05, 0.1) is 5.71 Å². The van der Waals surface area contributed by atoms with Crippen molar-refractivity contribution in [3.05, 3.63) is 35.9 Å². The first-order valence-corrected chi connectivity index (χ1v) is 5.74. The third kappa shape index (κ3) is 2.13. The van der Waals surface area contributed by atoms with Crippen LogP contribution in [0.25, 0.3) is 0 Å². The van der Waals surface area contributed by atoms with Gasteiger partial charge in [0.25, 0.3) is 0 Å². The molecule has 0 fully saturated rings. The Morgan fingerprint density at radius 3 is 2.38 bits per heavy atom. The van der Waals surface area contributed by atoms with Gasteiger partial charge in [-0.1, -0.05) is 65.1 Å². The number of benzene rings is 1. The fourth-order valence-electron chi connectivity index (χ4n) is 1.44. The fraction of sp³-hybridized carbons (Fsp3) is 0.300. The third-order valence-electron chi connectivity index (χ3n) is 2.38. The molecule has 1 atom stereocenters. The summed E-state index contributed by atoms with van der Waals surface area (Å²) in [5.74, 6) is 0. The molecular formula is C10H9Cl3N2O. The van der Waals surface area contributed by atoms with Gasteiger partial charge < -0.3 is 5.11 Å². The van der Waals surface area contributed by atoms with Crippen molar-refractivity contribution in [2.75, 3.05) is 0 Å². The van der Waals surface area contributed by atoms with Gasteiger partial charge in [0, 0.05) is 6.42 Å². The molecule has 0 radical (unpaired) electrons. The minimum absolute atomic E-state index is 0.146. The van der Waals surface area contributed by atoms with Gasteiger partial charge >= 0.3 is 0 Å². The number of nitrogens with zero attached hydrogens (tertiary/aromatic N) is 1. The summed E-state index contributed by atoms with van der Waals surface area (Å²) in [6.07, 6.45) is 0.146. The molecule has 3 nitrogen and oxygen atoms in total. The largest absolute Gasteiger partial charge is 0.366 e. The smallest absolute Gasteiger partial charge is 0.239 e. The molecule has 0 spiro atoms. The lowest BCUT2D eigenvalue weighted by Crippen LogP contribution is -2.50. The summed E-state index contributed by atoms with van der Waals surface area (Å²) in [4.78, 5) is 0. The van der Waals surface area contributed by atoms with Crippen molar-refractivity contribution in [2.24, 2.45) is 5.10 Å². The lowest BCUT2D eigenvalue weighted by Gasteiger charge is -2.29. The Kier molecular flexibility index (Phi) is 3.05. The standard InChI is InChI=1S/C10H9Cl3N2O/c11-10(12,13)9(16)6-8(14-15-9)7-4-2-1-3-5-7/h1-5,15-16H,6H2. The minimum Gasteiger partial charge on any atom is -0.366 e. The van der Waals surface area contributed by atoms with Crippen LogP contribution in [0.15, 0.2) is 35.4 Å². The molecule has 0 bridgehead atoms. The molecule has 0 aliphatic carbocycles. The van der Waals surface area contributed by atoms with E-state index in [-0.39, 0.29) is 6.42 Å². The van der Waals surface area contributed by atoms with Crippen LogP contribution in [0.1, 0.15) is 12.0 Å². The highest BCUT2D eigenvalue weighted by Gasteiger charge is 2.50. The molecule has 2 rings (SSSR count). The number of hydrazone groups is 1. The van der Waals surface area contributed by atoms with Crippen LogP contribution >= 0.6 is 34.8 Å². The zero-order valence-electron chi connectivity index (χ0n) is 8.12. The van der Waals surface area contributed by atoms with E-state index in [1.165, 1.54) is 0 Å². The Bertz CT molecular complexity index is 416. The van der Waals surface area contributed by atoms with E-state index >= 15 is 0 Å². The second-order valence-corrected chi connectivity index (χ2v) is 5.85. The normalized spacial score (nSPS) is 25.1. The van der Waals surface area contributed by atoms with Gasteiger partial charge in [0.2, 0.25) is 9.52 Å². The molecule has 1 aliphatic rings. The monoisotopic (exact) mass is 278 g/mol. The quantitative estimate of drug-likeness (QED) is 0.776. The summed E-state index contributed by atoms with van der Waals surface area (Å²) in [7, 11) is 0. The predicted octanol–water partition coefficient (Wildman–Crippen LogP) is 2.44. The number of rotatable bonds is 1. The minimum atomic E-state index is -1.83. The molecule has 1 aliphatic heterocycles. The van der Waals surface area contributed by atoms with Crippen molar-refractivity contribution in [3.8, 4) is 0 Å². The van der Waals surface area contributed by atoms with Crippen molar-refractivity contribution in [2.45, 2.75) is 15.9 Å². The Morgan fingerprint density at radius 2 is 1.88 bits per heavy atom. The van der Waals surface area contributed by atoms with Gasteiger partial charge in [-0.2, -0.15) is 5.10 Å². The van der Waals surface area contributed by atoms with Gasteiger partial charge in [-0.3, -0.25) is 5.43 Å². The molecule has 1 aromatic rings. The number of halogens is 3. The predicted molar refractivity (Wildman–Crippen MR) is 66.0 cm³/mol. The maximum atomic E-state index is 10.0. The lowest BCUT2D eigenvalue weighted by atomic mass is 10.0. The van der Waals surface area contributed by atoms with Gasteiger partial charge in [-0.25, -0.2) is 0 Å². The fourth-order valence-corrected chi connectivity index (χ4v) is 1.77. The first-order chi connectivity index (χ1) is 7.42. The first kappa shape index (κ1) is 12.0. The van der Waals surface area contributed by atoms with E-state index < -0.39 is 9.52 Å². The molecule has 0 amide bonds. The van der Waals surface area contributed by atoms with Crippen molar-refractivity contribution in [1.82, 2.24) is 5.43 Å². The first-order valence-electron chi connectivity index (χ1n) is 4.61. The Hall–Kier alpha value is -0.480. The number of hydrogen-bond donors (Lipinski definition) is 2. The van der Waals surface area contributed by atoms with E-state index in [9.17, 15) is 5.11 Å². The summed E-state index contributed by atoms with van der Waals surface area (Å²) >= 11 is 17.0. The van der Waals surface area contributed by atoms with Crippen LogP contribution in [-0.2, 0) is 0 Å². The number of aliphatic hydroxyl groups is 1. The molecule has 86 valence electrons. The van der Waals surface area contributed by atoms with Crippen LogP contribution < -0.4 is 5.43 Å². The van der Waals surface area contributed by atoms with Crippen LogP contribution in [0.5, 0.6) is 0 Å². The highest BCUT2D eigenvalue weighted by molar-refractivity contribution is 6.68. The second kappa shape index (κ2) is 4.08. The zero-order chi connectivity index (χ0) is 11.8. The third-order valence-corrected chi connectivity index (χ3v) is 3.31. The summed E-state index contributed by atoms with van der Waals surface area (Å²) in [6.45, 7) is 0. The van der Waals surface area contributed by atoms with E-state index in [4.69, 9.17) is 34.8 Å². The van der Waals surface area contributed by atoms with E-state index in [0.717, 1.165) is 5.56 Å². The molecule has 1 unspecified atom stereocenters. The highest BCUT2D eigenvalue weighted by atomic mass is 35.6. The number of nitrogens with one attached hydrogen (secondary N) is 1. The van der Waals surface area contributed by atoms with Crippen LogP contribution in [0.3, 0.4) is 0 Å². The maximum Gasteiger partial charge on any atom is 0.239 e. The van der Waals surface area contributed by atoms with Crippen LogP contribution in [0, 0.1) is 0 Å². The Labute approximate surface area is 108 Å². The lowest BCUT2D eigenvalue weighted by molar-refractivity contribution is 0.0271. The van der Waals surface area contributed by atoms with E-state index in [1.807, 2.05) is 30.3 Å². The molecular weight excluding hydrogens is 270 g/mol. The molecule has 2 N–H and O–H groups in total. The summed E-state index contributed by atoms with van der Waals surface area (Å²) < 4.78 is -1.83. The molecule has 0 saturated carbocycles. The van der Waals surface area contributed by atoms with Crippen molar-refractivity contribution < 1.29 is 5.11 Å². The maximum absolute atomic E-state index is 10.0. The summed E-state index contributed by atoms with van der Waals surface area (Å²) in [5, 5.41) is 14.0. The van der Waals surface area contributed by atoms with Crippen LogP contribution in [0.4, 0.5) is 0 Å². The summed E-state index contributed by atoms with van der Waals surface area (Å²) in [6, 6.07) is 9.41. The van der Waals surface area contributed by atoms with Crippen molar-refractivity contribution in [1.29, 1.82) is 0 Å². The molecule has 1 heterocycles. The van der Waals surface area contributed by atoms with Gasteiger partial charge in [-0.05, 0) is 5.56 Å². The average Bonchev–Trinajstić information content (AvgIpc) is 2.63. The molecule has 1 aromatic carbocycles. The molecule has 0 aromatic heterocycles. The Morgan fingerprint density at radius 1 is 1.25 bits per heavy atom. The Balaban J connectivity index is 2.20. The van der Waals surface area contributed by atoms with Crippen LogP contribution in [0.2, 0.25) is 0 Å². The zero-order valence-corrected chi connectivity index (χ0v) is 10.4. The average molecular weight is 280 g/mol. The summed E-state index contributed by atoms with van der Waals surface area (Å²) in [5.41, 5.74) is 2.37. The van der Waals surface area contributed by atoms with Crippen molar-refractivity contribution >= 4 is 40.5 Å². The van der Waals surface area contributed by atoms with Gasteiger partial charge in [0.1, 0.15) is 0 Å². The molecule has 6 heteroatoms. The van der Waals surface area contributed by atoms with E-state index in [1.54, 1.807) is 0 Å². The number of alkyl halides is 3. The van der Waals surface area contributed by atoms with E-state index in [2.05, 4.69) is 10.5 Å². The van der Waals surface area contributed by atoms with E-state index in [0.29, 0.717) is 5.71 Å².